The summed E-state index contributed by atoms with van der Waals surface area (Å²) >= 11 is 0. The fraction of sp³-hybridized carbons (Fsp3) is 0.556. The number of anilines is 1. The lowest BCUT2D eigenvalue weighted by Crippen LogP contribution is -2.47. The maximum Gasteiger partial charge on any atom is 0.249 e. The van der Waals surface area contributed by atoms with Crippen molar-refractivity contribution in [2.24, 2.45) is 5.92 Å². The van der Waals surface area contributed by atoms with Gasteiger partial charge in [0.05, 0.1) is 12.5 Å². The molecule has 0 spiro atoms. The molecule has 0 radical (unpaired) electrons. The van der Waals surface area contributed by atoms with E-state index < -0.39 is 12.0 Å². The number of nitrogens with one attached hydrogen (secondary N) is 2. The molecule has 1 fully saturated rings. The van der Waals surface area contributed by atoms with Crippen LogP contribution in [0, 0.1) is 5.92 Å². The smallest absolute Gasteiger partial charge is 0.249 e. The van der Waals surface area contributed by atoms with Gasteiger partial charge in [0.1, 0.15) is 11.9 Å². The second-order valence-electron chi connectivity index (χ2n) is 6.67. The Balaban J connectivity index is 2.09. The third-order valence-corrected chi connectivity index (χ3v) is 4.65. The number of amides is 3. The number of nitrogens with zero attached hydrogens (tertiary/aromatic N) is 2. The summed E-state index contributed by atoms with van der Waals surface area (Å²) in [6, 6.07) is 3.79. The van der Waals surface area contributed by atoms with E-state index in [1.165, 1.54) is 17.0 Å². The van der Waals surface area contributed by atoms with Crippen LogP contribution in [-0.4, -0.2) is 57.5 Å². The number of unbranched alkanes of at least 4 members (excludes halogenated alkanes) is 1. The van der Waals surface area contributed by atoms with Gasteiger partial charge in [-0.2, -0.15) is 0 Å². The molecular formula is C18H26N4O5. The number of likely N-dealkylation sites (tertiary alicyclic amines) is 1. The maximum absolute atomic E-state index is 13.0. The summed E-state index contributed by atoms with van der Waals surface area (Å²) in [5.74, 6) is -0.904. The molecule has 0 saturated carbocycles. The number of hydrogen-bond acceptors (Lipinski definition) is 5. The van der Waals surface area contributed by atoms with Gasteiger partial charge in [0.25, 0.3) is 0 Å². The lowest BCUT2D eigenvalue weighted by Gasteiger charge is -2.29. The number of H-pyrrole nitrogens is 1. The van der Waals surface area contributed by atoms with Gasteiger partial charge in [-0.05, 0) is 25.3 Å². The van der Waals surface area contributed by atoms with Gasteiger partial charge in [-0.15, -0.1) is 0 Å². The van der Waals surface area contributed by atoms with Crippen molar-refractivity contribution in [1.29, 1.82) is 0 Å². The second-order valence-corrected chi connectivity index (χ2v) is 6.67. The first-order chi connectivity index (χ1) is 13.0. The van der Waals surface area contributed by atoms with E-state index in [9.17, 15) is 24.4 Å². The van der Waals surface area contributed by atoms with Crippen LogP contribution in [0.25, 0.3) is 0 Å². The van der Waals surface area contributed by atoms with Gasteiger partial charge in [0.15, 0.2) is 0 Å². The van der Waals surface area contributed by atoms with E-state index in [1.54, 1.807) is 6.07 Å². The van der Waals surface area contributed by atoms with E-state index in [0.29, 0.717) is 30.9 Å². The predicted molar refractivity (Wildman–Crippen MR) is 98.0 cm³/mol. The van der Waals surface area contributed by atoms with Crippen LogP contribution in [0.5, 0.6) is 0 Å². The van der Waals surface area contributed by atoms with Gasteiger partial charge in [0, 0.05) is 12.6 Å². The fourth-order valence-corrected chi connectivity index (χ4v) is 3.29. The minimum Gasteiger partial charge on any atom is -0.330 e. The molecule has 0 aliphatic carbocycles. The van der Waals surface area contributed by atoms with E-state index in [0.717, 1.165) is 12.8 Å². The zero-order chi connectivity index (χ0) is 19.8. The standard InChI is InChI=1S/C18H26N4O5/c1-2-3-6-13(11-21(27)12-23)18(26)22-10-5-7-14(22)17(25)20-15-8-4-9-16(24)19-15/h4,8-9,12-14,27H,2-3,5-7,10-11H2,1H3,(H2,19,20,24,25)/t13-,14+/m1/s1. The molecule has 1 aromatic heterocycles. The van der Waals surface area contributed by atoms with E-state index in [4.69, 9.17) is 0 Å². The topological polar surface area (TPSA) is 123 Å². The van der Waals surface area contributed by atoms with Crippen LogP contribution in [0.15, 0.2) is 23.0 Å². The van der Waals surface area contributed by atoms with Crippen molar-refractivity contribution in [1.82, 2.24) is 14.9 Å². The molecule has 9 heteroatoms. The molecule has 1 aliphatic rings. The summed E-state index contributed by atoms with van der Waals surface area (Å²) in [7, 11) is 0. The Bertz CT molecular complexity index is 720. The molecule has 3 N–H and O–H groups in total. The van der Waals surface area contributed by atoms with Crippen molar-refractivity contribution in [2.75, 3.05) is 18.4 Å². The Morgan fingerprint density at radius 1 is 1.48 bits per heavy atom. The molecule has 1 aliphatic heterocycles. The molecule has 1 saturated heterocycles. The molecule has 0 aromatic carbocycles. The maximum atomic E-state index is 13.0. The first-order valence-electron chi connectivity index (χ1n) is 9.17. The van der Waals surface area contributed by atoms with Crippen molar-refractivity contribution >= 4 is 24.0 Å². The van der Waals surface area contributed by atoms with E-state index >= 15 is 0 Å². The van der Waals surface area contributed by atoms with Crippen molar-refractivity contribution < 1.29 is 19.6 Å². The zero-order valence-corrected chi connectivity index (χ0v) is 15.4. The molecule has 3 amide bonds. The average molecular weight is 378 g/mol. The number of rotatable bonds is 9. The Kier molecular flexibility index (Phi) is 7.54. The molecule has 9 nitrogen and oxygen atoms in total. The first-order valence-corrected chi connectivity index (χ1v) is 9.17. The Morgan fingerprint density at radius 3 is 2.93 bits per heavy atom. The molecule has 2 heterocycles. The molecule has 0 unspecified atom stereocenters. The van der Waals surface area contributed by atoms with E-state index in [1.807, 2.05) is 6.92 Å². The van der Waals surface area contributed by atoms with Crippen molar-refractivity contribution in [2.45, 2.75) is 45.1 Å². The summed E-state index contributed by atoms with van der Waals surface area (Å²) in [5.41, 5.74) is -0.330. The summed E-state index contributed by atoms with van der Waals surface area (Å²) in [5, 5.41) is 12.6. The molecule has 2 atom stereocenters. The molecule has 27 heavy (non-hydrogen) atoms. The van der Waals surface area contributed by atoms with E-state index in [2.05, 4.69) is 10.3 Å². The van der Waals surface area contributed by atoms with Crippen LogP contribution in [0.4, 0.5) is 5.82 Å². The van der Waals surface area contributed by atoms with E-state index in [-0.39, 0.29) is 36.1 Å². The lowest BCUT2D eigenvalue weighted by molar-refractivity contribution is -0.157. The monoisotopic (exact) mass is 378 g/mol. The highest BCUT2D eigenvalue weighted by molar-refractivity contribution is 5.97. The first kappa shape index (κ1) is 20.6. The number of pyridine rings is 1. The minimum absolute atomic E-state index is 0.0980. The number of aromatic nitrogens is 1. The van der Waals surface area contributed by atoms with Gasteiger partial charge in [-0.3, -0.25) is 24.4 Å². The highest BCUT2D eigenvalue weighted by Gasteiger charge is 2.37. The zero-order valence-electron chi connectivity index (χ0n) is 15.4. The average Bonchev–Trinajstić information content (AvgIpc) is 3.14. The van der Waals surface area contributed by atoms with Crippen LogP contribution in [0.1, 0.15) is 39.0 Å². The summed E-state index contributed by atoms with van der Waals surface area (Å²) in [4.78, 5) is 51.7. The molecule has 1 aromatic rings. The van der Waals surface area contributed by atoms with Crippen LogP contribution >= 0.6 is 0 Å². The highest BCUT2D eigenvalue weighted by atomic mass is 16.5. The largest absolute Gasteiger partial charge is 0.330 e. The van der Waals surface area contributed by atoms with Crippen molar-refractivity contribution in [3.63, 3.8) is 0 Å². The van der Waals surface area contributed by atoms with Crippen LogP contribution in [-0.2, 0) is 14.4 Å². The minimum atomic E-state index is -0.645. The number of carbonyl (C=O) groups excluding carboxylic acids is 3. The molecule has 2 rings (SSSR count). The van der Waals surface area contributed by atoms with Gasteiger partial charge in [0.2, 0.25) is 23.8 Å². The Labute approximate surface area is 157 Å². The Morgan fingerprint density at radius 2 is 2.26 bits per heavy atom. The van der Waals surface area contributed by atoms with Gasteiger partial charge in [-0.25, -0.2) is 5.06 Å². The highest BCUT2D eigenvalue weighted by Crippen LogP contribution is 2.23. The summed E-state index contributed by atoms with van der Waals surface area (Å²) in [6.45, 7) is 2.33. The molecular weight excluding hydrogens is 352 g/mol. The summed E-state index contributed by atoms with van der Waals surface area (Å²) < 4.78 is 0. The van der Waals surface area contributed by atoms with Crippen molar-refractivity contribution in [3.8, 4) is 0 Å². The van der Waals surface area contributed by atoms with Crippen LogP contribution < -0.4 is 10.9 Å². The number of carbonyl (C=O) groups is 3. The predicted octanol–water partition coefficient (Wildman–Crippen LogP) is 0.958. The molecule has 148 valence electrons. The quantitative estimate of drug-likeness (QED) is 0.335. The second kappa shape index (κ2) is 9.86. The third kappa shape index (κ3) is 5.65. The van der Waals surface area contributed by atoms with Crippen LogP contribution in [0.3, 0.4) is 0 Å². The van der Waals surface area contributed by atoms with Crippen LogP contribution in [0.2, 0.25) is 0 Å². The van der Waals surface area contributed by atoms with Crippen molar-refractivity contribution in [3.05, 3.63) is 28.6 Å². The SMILES string of the molecule is CCCC[C@H](CN(O)C=O)C(=O)N1CCC[C@H]1C(=O)Nc1cccc(=O)[nH]1. The number of aromatic amines is 1. The molecule has 0 bridgehead atoms. The third-order valence-electron chi connectivity index (χ3n) is 4.65. The Hall–Kier alpha value is -2.68. The fourth-order valence-electron chi connectivity index (χ4n) is 3.29. The lowest BCUT2D eigenvalue weighted by atomic mass is 9.99. The van der Waals surface area contributed by atoms with Gasteiger partial charge < -0.3 is 15.2 Å². The van der Waals surface area contributed by atoms with Gasteiger partial charge >= 0.3 is 0 Å². The normalized spacial score (nSPS) is 17.4. The number of hydrogen-bond donors (Lipinski definition) is 3. The summed E-state index contributed by atoms with van der Waals surface area (Å²) in [6.07, 6.45) is 3.65. The van der Waals surface area contributed by atoms with Gasteiger partial charge in [-0.1, -0.05) is 25.8 Å². The number of hydroxylamine groups is 2.